The van der Waals surface area contributed by atoms with Gasteiger partial charge in [0.15, 0.2) is 0 Å². The molecule has 0 fully saturated rings. The van der Waals surface area contributed by atoms with Crippen LogP contribution in [0.3, 0.4) is 0 Å². The molecule has 2 aromatic rings. The second-order valence-electron chi connectivity index (χ2n) is 6.02. The van der Waals surface area contributed by atoms with Gasteiger partial charge in [-0.1, -0.05) is 50.2 Å². The highest BCUT2D eigenvalue weighted by Gasteiger charge is 2.33. The molecule has 0 radical (unpaired) electrons. The van der Waals surface area contributed by atoms with Gasteiger partial charge in [-0.2, -0.15) is 0 Å². The van der Waals surface area contributed by atoms with Crippen molar-refractivity contribution in [2.45, 2.75) is 60.3 Å². The van der Waals surface area contributed by atoms with E-state index in [0.29, 0.717) is 25.7 Å². The molecule has 0 aliphatic rings. The molecule has 152 valence electrons. The monoisotopic (exact) mass is 418 g/mol. The minimum atomic E-state index is -0.317. The van der Waals surface area contributed by atoms with Crippen LogP contribution in [0.1, 0.15) is 46.5 Å². The van der Waals surface area contributed by atoms with Crippen LogP contribution in [0.5, 0.6) is 0 Å². The minimum absolute atomic E-state index is 0.162. The summed E-state index contributed by atoms with van der Waals surface area (Å²) >= 11 is 3.46. The lowest BCUT2D eigenvalue weighted by molar-refractivity contribution is -0.140. The standard InChI is InChI=1S/C21H24O3S2.C2H6/c1-17(22)13-15-21(16-14-20(23)24-2,25-18-9-5-3-6-10-18)26-19-11-7-4-8-12-19;1-2/h3-12H,13-16H2,1-2H3;1-2H3. The van der Waals surface area contributed by atoms with E-state index in [1.807, 2.05) is 50.2 Å². The van der Waals surface area contributed by atoms with Crippen molar-refractivity contribution in [3.05, 3.63) is 60.7 Å². The largest absolute Gasteiger partial charge is 0.469 e. The second-order valence-corrected chi connectivity index (χ2v) is 9.19. The lowest BCUT2D eigenvalue weighted by Crippen LogP contribution is -2.23. The van der Waals surface area contributed by atoms with Crippen molar-refractivity contribution in [1.29, 1.82) is 0 Å². The molecule has 0 spiro atoms. The zero-order chi connectivity index (χ0) is 20.8. The number of esters is 1. The maximum atomic E-state index is 11.8. The third-order valence-electron chi connectivity index (χ3n) is 3.89. The molecule has 0 saturated carbocycles. The van der Waals surface area contributed by atoms with E-state index in [4.69, 9.17) is 4.74 Å². The van der Waals surface area contributed by atoms with Gasteiger partial charge in [-0.25, -0.2) is 0 Å². The number of carbonyl (C=O) groups is 2. The van der Waals surface area contributed by atoms with Crippen LogP contribution in [-0.4, -0.2) is 22.9 Å². The fourth-order valence-corrected chi connectivity index (χ4v) is 5.52. The van der Waals surface area contributed by atoms with Crippen LogP contribution >= 0.6 is 23.5 Å². The Hall–Kier alpha value is -1.72. The molecule has 0 N–H and O–H groups in total. The second kappa shape index (κ2) is 13.5. The number of ketones is 1. The predicted molar refractivity (Wildman–Crippen MR) is 120 cm³/mol. The summed E-state index contributed by atoms with van der Waals surface area (Å²) in [6.45, 7) is 5.62. The zero-order valence-corrected chi connectivity index (χ0v) is 18.8. The molecule has 2 rings (SSSR count). The maximum Gasteiger partial charge on any atom is 0.305 e. The van der Waals surface area contributed by atoms with Crippen molar-refractivity contribution >= 4 is 35.3 Å². The topological polar surface area (TPSA) is 43.4 Å². The summed E-state index contributed by atoms with van der Waals surface area (Å²) in [6, 6.07) is 20.3. The van der Waals surface area contributed by atoms with Crippen LogP contribution in [0.25, 0.3) is 0 Å². The summed E-state index contributed by atoms with van der Waals surface area (Å²) in [5, 5.41) is 0. The lowest BCUT2D eigenvalue weighted by Gasteiger charge is -2.32. The number of ether oxygens (including phenoxy) is 1. The number of carbonyl (C=O) groups excluding carboxylic acids is 2. The summed E-state index contributed by atoms with van der Waals surface area (Å²) in [5.41, 5.74) is 0. The van der Waals surface area contributed by atoms with Gasteiger partial charge in [0, 0.05) is 22.6 Å². The van der Waals surface area contributed by atoms with E-state index in [2.05, 4.69) is 24.3 Å². The number of Topliss-reactive ketones (excluding diaryl/α,β-unsaturated/α-hetero) is 1. The summed E-state index contributed by atoms with van der Waals surface area (Å²) in [7, 11) is 1.41. The van der Waals surface area contributed by atoms with Crippen molar-refractivity contribution in [2.24, 2.45) is 0 Å². The number of rotatable bonds is 10. The highest BCUT2D eigenvalue weighted by molar-refractivity contribution is 8.18. The average molecular weight is 419 g/mol. The third-order valence-corrected chi connectivity index (χ3v) is 6.97. The van der Waals surface area contributed by atoms with Gasteiger partial charge in [0.05, 0.1) is 11.2 Å². The molecule has 0 aliphatic carbocycles. The van der Waals surface area contributed by atoms with E-state index >= 15 is 0 Å². The van der Waals surface area contributed by atoms with Gasteiger partial charge in [0.1, 0.15) is 5.78 Å². The highest BCUT2D eigenvalue weighted by Crippen LogP contribution is 2.51. The highest BCUT2D eigenvalue weighted by atomic mass is 32.2. The minimum Gasteiger partial charge on any atom is -0.469 e. The Morgan fingerprint density at radius 1 is 0.821 bits per heavy atom. The molecule has 3 nitrogen and oxygen atoms in total. The van der Waals surface area contributed by atoms with E-state index < -0.39 is 0 Å². The van der Waals surface area contributed by atoms with Crippen molar-refractivity contribution in [3.8, 4) is 0 Å². The van der Waals surface area contributed by atoms with E-state index in [1.165, 1.54) is 7.11 Å². The number of methoxy groups -OCH3 is 1. The van der Waals surface area contributed by atoms with Gasteiger partial charge in [-0.05, 0) is 44.0 Å². The molecule has 5 heteroatoms. The Morgan fingerprint density at radius 2 is 1.25 bits per heavy atom. The van der Waals surface area contributed by atoms with E-state index in [1.54, 1.807) is 30.4 Å². The van der Waals surface area contributed by atoms with Crippen LogP contribution in [0.15, 0.2) is 70.5 Å². The summed E-state index contributed by atoms with van der Waals surface area (Å²) in [6.07, 6.45) is 2.14. The number of hydrogen-bond acceptors (Lipinski definition) is 5. The zero-order valence-electron chi connectivity index (χ0n) is 17.1. The lowest BCUT2D eigenvalue weighted by atomic mass is 10.1. The number of hydrogen-bond donors (Lipinski definition) is 0. The Balaban J connectivity index is 0.00000190. The van der Waals surface area contributed by atoms with Gasteiger partial charge in [-0.15, -0.1) is 23.5 Å². The molecule has 0 atom stereocenters. The number of thioether (sulfide) groups is 2. The molecule has 28 heavy (non-hydrogen) atoms. The van der Waals surface area contributed by atoms with Crippen LogP contribution in [-0.2, 0) is 14.3 Å². The van der Waals surface area contributed by atoms with E-state index in [9.17, 15) is 9.59 Å². The van der Waals surface area contributed by atoms with Crippen molar-refractivity contribution in [1.82, 2.24) is 0 Å². The summed E-state index contributed by atoms with van der Waals surface area (Å²) in [5.74, 6) is -0.0608. The first-order valence-corrected chi connectivity index (χ1v) is 11.2. The molecule has 0 heterocycles. The summed E-state index contributed by atoms with van der Waals surface area (Å²) < 4.78 is 4.53. The Morgan fingerprint density at radius 3 is 1.64 bits per heavy atom. The quantitative estimate of drug-likeness (QED) is 0.246. The summed E-state index contributed by atoms with van der Waals surface area (Å²) in [4.78, 5) is 25.7. The average Bonchev–Trinajstić information content (AvgIpc) is 2.73. The molecule has 0 amide bonds. The van der Waals surface area contributed by atoms with Gasteiger partial charge in [-0.3, -0.25) is 4.79 Å². The smallest absolute Gasteiger partial charge is 0.305 e. The molecule has 0 saturated heterocycles. The van der Waals surface area contributed by atoms with Crippen LogP contribution < -0.4 is 0 Å². The third kappa shape index (κ3) is 8.98. The Labute approximate surface area is 177 Å². The van der Waals surface area contributed by atoms with E-state index in [0.717, 1.165) is 9.79 Å². The van der Waals surface area contributed by atoms with Gasteiger partial charge in [0.25, 0.3) is 0 Å². The van der Waals surface area contributed by atoms with Crippen molar-refractivity contribution < 1.29 is 14.3 Å². The molecular weight excluding hydrogens is 388 g/mol. The van der Waals surface area contributed by atoms with Crippen molar-refractivity contribution in [2.75, 3.05) is 7.11 Å². The molecular formula is C23H30O3S2. The first kappa shape index (κ1) is 24.3. The fourth-order valence-electron chi connectivity index (χ4n) is 2.52. The van der Waals surface area contributed by atoms with Crippen molar-refractivity contribution in [3.63, 3.8) is 0 Å². The maximum absolute atomic E-state index is 11.8. The fraction of sp³-hybridized carbons (Fsp3) is 0.391. The number of benzene rings is 2. The normalized spacial score (nSPS) is 10.6. The first-order valence-electron chi connectivity index (χ1n) is 9.57. The van der Waals surface area contributed by atoms with Crippen LogP contribution in [0.4, 0.5) is 0 Å². The Bertz CT molecular complexity index is 661. The van der Waals surface area contributed by atoms with Gasteiger partial charge in [0.2, 0.25) is 0 Å². The molecule has 0 bridgehead atoms. The predicted octanol–water partition coefficient (Wildman–Crippen LogP) is 6.62. The van der Waals surface area contributed by atoms with E-state index in [-0.39, 0.29) is 15.8 Å². The molecule has 0 unspecified atom stereocenters. The molecule has 0 aromatic heterocycles. The molecule has 0 aliphatic heterocycles. The van der Waals surface area contributed by atoms with Gasteiger partial charge < -0.3 is 9.53 Å². The molecule has 2 aromatic carbocycles. The van der Waals surface area contributed by atoms with Gasteiger partial charge >= 0.3 is 5.97 Å². The van der Waals surface area contributed by atoms with Crippen LogP contribution in [0.2, 0.25) is 0 Å². The SMILES string of the molecule is CC.COC(=O)CCC(CCC(C)=O)(Sc1ccccc1)Sc1ccccc1. The van der Waals surface area contributed by atoms with Crippen LogP contribution in [0, 0.1) is 0 Å². The Kier molecular flexibility index (Phi) is 11.7. The first-order chi connectivity index (χ1) is 13.5.